The van der Waals surface area contributed by atoms with Crippen LogP contribution in [0.15, 0.2) is 48.5 Å². The summed E-state index contributed by atoms with van der Waals surface area (Å²) in [6.07, 6.45) is 0. The van der Waals surface area contributed by atoms with Crippen LogP contribution in [0.2, 0.25) is 5.02 Å². The molecule has 2 aromatic rings. The van der Waals surface area contributed by atoms with Gasteiger partial charge in [0.1, 0.15) is 5.75 Å². The number of rotatable bonds is 7. The summed E-state index contributed by atoms with van der Waals surface area (Å²) < 4.78 is 5.21. The smallest absolute Gasteiger partial charge is 0.234 e. The summed E-state index contributed by atoms with van der Waals surface area (Å²) in [6.45, 7) is 7.09. The van der Waals surface area contributed by atoms with Gasteiger partial charge in [0.2, 0.25) is 5.91 Å². The molecule has 0 saturated carbocycles. The van der Waals surface area contributed by atoms with Crippen LogP contribution in [0.25, 0.3) is 0 Å². The Hall–Kier alpha value is -2.08. The van der Waals surface area contributed by atoms with Gasteiger partial charge in [-0.25, -0.2) is 0 Å². The molecule has 1 heterocycles. The van der Waals surface area contributed by atoms with E-state index in [2.05, 4.69) is 27.2 Å². The minimum Gasteiger partial charge on any atom is -0.497 e. The zero-order valence-electron chi connectivity index (χ0n) is 16.5. The van der Waals surface area contributed by atoms with Gasteiger partial charge in [-0.15, -0.1) is 0 Å². The second kappa shape index (κ2) is 9.92. The first-order valence-corrected chi connectivity index (χ1v) is 10.0. The van der Waals surface area contributed by atoms with Crippen molar-refractivity contribution >= 4 is 17.5 Å². The average Bonchev–Trinajstić information content (AvgIpc) is 2.70. The summed E-state index contributed by atoms with van der Waals surface area (Å²) in [5.74, 6) is 0.943. The van der Waals surface area contributed by atoms with Crippen molar-refractivity contribution in [2.24, 2.45) is 0 Å². The predicted molar refractivity (Wildman–Crippen MR) is 113 cm³/mol. The van der Waals surface area contributed by atoms with E-state index in [4.69, 9.17) is 16.3 Å². The van der Waals surface area contributed by atoms with Crippen molar-refractivity contribution in [1.82, 2.24) is 15.1 Å². The van der Waals surface area contributed by atoms with E-state index in [9.17, 15) is 4.79 Å². The van der Waals surface area contributed by atoms with E-state index in [0.717, 1.165) is 44.0 Å². The maximum absolute atomic E-state index is 12.4. The van der Waals surface area contributed by atoms with Gasteiger partial charge in [0.25, 0.3) is 0 Å². The van der Waals surface area contributed by atoms with Crippen molar-refractivity contribution in [3.8, 4) is 5.75 Å². The lowest BCUT2D eigenvalue weighted by molar-refractivity contribution is -0.123. The van der Waals surface area contributed by atoms with Crippen LogP contribution in [0.1, 0.15) is 24.1 Å². The second-order valence-corrected chi connectivity index (χ2v) is 7.68. The van der Waals surface area contributed by atoms with Crippen molar-refractivity contribution in [3.63, 3.8) is 0 Å². The van der Waals surface area contributed by atoms with E-state index in [1.807, 2.05) is 43.3 Å². The molecule has 0 aromatic heterocycles. The highest BCUT2D eigenvalue weighted by Crippen LogP contribution is 2.16. The Kier molecular flexibility index (Phi) is 7.31. The third-order valence-electron chi connectivity index (χ3n) is 5.14. The molecule has 0 radical (unpaired) electrons. The molecule has 1 fully saturated rings. The summed E-state index contributed by atoms with van der Waals surface area (Å²) in [4.78, 5) is 17.0. The topological polar surface area (TPSA) is 44.8 Å². The van der Waals surface area contributed by atoms with Gasteiger partial charge in [0.15, 0.2) is 0 Å². The van der Waals surface area contributed by atoms with Crippen LogP contribution in [0.3, 0.4) is 0 Å². The van der Waals surface area contributed by atoms with Crippen LogP contribution in [0.4, 0.5) is 0 Å². The first-order valence-electron chi connectivity index (χ1n) is 9.66. The van der Waals surface area contributed by atoms with Crippen LogP contribution in [-0.4, -0.2) is 55.5 Å². The summed E-state index contributed by atoms with van der Waals surface area (Å²) in [6, 6.07) is 15.8. The van der Waals surface area contributed by atoms with E-state index in [0.29, 0.717) is 11.6 Å². The van der Waals surface area contributed by atoms with E-state index in [1.54, 1.807) is 7.11 Å². The minimum atomic E-state index is -0.0267. The molecule has 28 heavy (non-hydrogen) atoms. The Labute approximate surface area is 172 Å². The van der Waals surface area contributed by atoms with Crippen LogP contribution < -0.4 is 10.1 Å². The molecule has 1 aliphatic rings. The van der Waals surface area contributed by atoms with E-state index in [-0.39, 0.29) is 11.9 Å². The molecule has 0 bridgehead atoms. The predicted octanol–water partition coefficient (Wildman–Crippen LogP) is 3.34. The van der Waals surface area contributed by atoms with Crippen molar-refractivity contribution in [2.75, 3.05) is 39.8 Å². The Balaban J connectivity index is 1.40. The summed E-state index contributed by atoms with van der Waals surface area (Å²) in [5, 5.41) is 3.78. The number of hydrogen-bond acceptors (Lipinski definition) is 4. The van der Waals surface area contributed by atoms with Crippen LogP contribution in [0, 0.1) is 0 Å². The Morgan fingerprint density at radius 2 is 1.64 bits per heavy atom. The summed E-state index contributed by atoms with van der Waals surface area (Å²) >= 11 is 5.92. The first-order chi connectivity index (χ1) is 13.5. The maximum atomic E-state index is 12.4. The van der Waals surface area contributed by atoms with Crippen molar-refractivity contribution in [2.45, 2.75) is 19.5 Å². The van der Waals surface area contributed by atoms with Crippen molar-refractivity contribution < 1.29 is 9.53 Å². The van der Waals surface area contributed by atoms with E-state index >= 15 is 0 Å². The molecule has 1 amide bonds. The quantitative estimate of drug-likeness (QED) is 0.772. The maximum Gasteiger partial charge on any atom is 0.234 e. The number of nitrogens with zero attached hydrogens (tertiary/aromatic N) is 2. The highest BCUT2D eigenvalue weighted by Gasteiger charge is 2.20. The molecule has 1 aliphatic heterocycles. The van der Waals surface area contributed by atoms with Gasteiger partial charge in [-0.05, 0) is 42.3 Å². The fourth-order valence-electron chi connectivity index (χ4n) is 3.42. The third kappa shape index (κ3) is 5.96. The van der Waals surface area contributed by atoms with Crippen LogP contribution >= 0.6 is 11.6 Å². The second-order valence-electron chi connectivity index (χ2n) is 7.24. The average molecular weight is 402 g/mol. The monoisotopic (exact) mass is 401 g/mol. The van der Waals surface area contributed by atoms with Crippen molar-refractivity contribution in [3.05, 3.63) is 64.7 Å². The van der Waals surface area contributed by atoms with Crippen LogP contribution in [0.5, 0.6) is 5.75 Å². The largest absolute Gasteiger partial charge is 0.497 e. The number of benzene rings is 2. The fourth-order valence-corrected chi connectivity index (χ4v) is 3.55. The molecular formula is C22H28ClN3O2. The molecule has 3 rings (SSSR count). The summed E-state index contributed by atoms with van der Waals surface area (Å²) in [5.41, 5.74) is 2.34. The zero-order chi connectivity index (χ0) is 19.9. The number of amides is 1. The Bertz CT molecular complexity index is 756. The van der Waals surface area contributed by atoms with E-state index in [1.165, 1.54) is 5.56 Å². The number of carbonyl (C=O) groups is 1. The lowest BCUT2D eigenvalue weighted by Crippen LogP contribution is -2.49. The standard InChI is InChI=1S/C22H28ClN3O2/c1-17(19-5-7-20(23)8-6-19)24-22(27)16-26-13-11-25(12-14-26)15-18-3-9-21(28-2)10-4-18/h3-10,17H,11-16H2,1-2H3,(H,24,27)/t17-/m0/s1. The zero-order valence-corrected chi connectivity index (χ0v) is 17.3. The summed E-state index contributed by atoms with van der Waals surface area (Å²) in [7, 11) is 1.68. The number of nitrogens with one attached hydrogen (secondary N) is 1. The molecule has 1 saturated heterocycles. The lowest BCUT2D eigenvalue weighted by Gasteiger charge is -2.34. The molecule has 0 unspecified atom stereocenters. The highest BCUT2D eigenvalue weighted by atomic mass is 35.5. The number of carbonyl (C=O) groups excluding carboxylic acids is 1. The molecule has 5 nitrogen and oxygen atoms in total. The number of halogens is 1. The van der Waals surface area contributed by atoms with Gasteiger partial charge >= 0.3 is 0 Å². The molecule has 0 aliphatic carbocycles. The van der Waals surface area contributed by atoms with E-state index < -0.39 is 0 Å². The molecule has 6 heteroatoms. The Morgan fingerprint density at radius 1 is 1.04 bits per heavy atom. The molecular weight excluding hydrogens is 374 g/mol. The highest BCUT2D eigenvalue weighted by molar-refractivity contribution is 6.30. The lowest BCUT2D eigenvalue weighted by atomic mass is 10.1. The molecule has 1 atom stereocenters. The minimum absolute atomic E-state index is 0.0267. The molecule has 0 spiro atoms. The molecule has 2 aromatic carbocycles. The number of piperazine rings is 1. The first kappa shape index (κ1) is 20.6. The normalized spacial score (nSPS) is 16.5. The fraction of sp³-hybridized carbons (Fsp3) is 0.409. The van der Waals surface area contributed by atoms with Gasteiger partial charge < -0.3 is 10.1 Å². The number of hydrogen-bond donors (Lipinski definition) is 1. The van der Waals surface area contributed by atoms with Gasteiger partial charge in [0.05, 0.1) is 19.7 Å². The van der Waals surface area contributed by atoms with Gasteiger partial charge in [-0.3, -0.25) is 14.6 Å². The SMILES string of the molecule is COc1ccc(CN2CCN(CC(=O)N[C@@H](C)c3ccc(Cl)cc3)CC2)cc1. The Morgan fingerprint density at radius 3 is 2.25 bits per heavy atom. The number of methoxy groups -OCH3 is 1. The molecule has 1 N–H and O–H groups in total. The third-order valence-corrected chi connectivity index (χ3v) is 5.40. The van der Waals surface area contributed by atoms with Gasteiger partial charge in [-0.2, -0.15) is 0 Å². The van der Waals surface area contributed by atoms with Gasteiger partial charge in [-0.1, -0.05) is 35.9 Å². The molecule has 150 valence electrons. The van der Waals surface area contributed by atoms with Gasteiger partial charge in [0, 0.05) is 37.7 Å². The number of ether oxygens (including phenoxy) is 1. The van der Waals surface area contributed by atoms with Crippen molar-refractivity contribution in [1.29, 1.82) is 0 Å². The van der Waals surface area contributed by atoms with Crippen LogP contribution in [-0.2, 0) is 11.3 Å².